The molecule has 0 N–H and O–H groups in total. The molecule has 0 amide bonds. The van der Waals surface area contributed by atoms with Crippen molar-refractivity contribution in [1.82, 2.24) is 0 Å². The summed E-state index contributed by atoms with van der Waals surface area (Å²) in [5.74, 6) is 0. The molecule has 0 saturated carbocycles. The molecule has 18 heavy (non-hydrogen) atoms. The second-order valence-corrected chi connectivity index (χ2v) is 7.40. The monoisotopic (exact) mass is 278 g/mol. The van der Waals surface area contributed by atoms with Gasteiger partial charge in [-0.25, -0.2) is 0 Å². The van der Waals surface area contributed by atoms with Crippen molar-refractivity contribution in [1.29, 1.82) is 0 Å². The maximum Gasteiger partial charge on any atom is 0.264 e. The summed E-state index contributed by atoms with van der Waals surface area (Å²) in [4.78, 5) is 12.3. The summed E-state index contributed by atoms with van der Waals surface area (Å²) in [6.07, 6.45) is 0. The maximum absolute atomic E-state index is 12.5. The molecule has 2 aromatic rings. The molecule has 0 saturated heterocycles. The molecule has 92 valence electrons. The van der Waals surface area contributed by atoms with Gasteiger partial charge in [0.1, 0.15) is 0 Å². The molecular weight excluding hydrogens is 267 g/mol. The van der Waals surface area contributed by atoms with Gasteiger partial charge in [0.2, 0.25) is 5.52 Å². The van der Waals surface area contributed by atoms with Crippen molar-refractivity contribution in [2.24, 2.45) is 0 Å². The normalized spacial score (nSPS) is 13.9. The number of hydrogen-bond donors (Lipinski definition) is 0. The van der Waals surface area contributed by atoms with Gasteiger partial charge in [-0.05, 0) is 35.9 Å². The van der Waals surface area contributed by atoms with E-state index in [-0.39, 0.29) is 0 Å². The molecule has 0 aliphatic rings. The largest absolute Gasteiger partial charge is 0.293 e. The molecule has 0 bridgehead atoms. The average Bonchev–Trinajstić information content (AvgIpc) is 2.39. The first-order valence-corrected chi connectivity index (χ1v) is 8.10. The van der Waals surface area contributed by atoms with Gasteiger partial charge in [0.25, 0.3) is 6.49 Å². The maximum atomic E-state index is 12.5. The first-order chi connectivity index (χ1) is 8.53. The highest BCUT2D eigenvalue weighted by Gasteiger charge is 2.32. The number of aryl methyl sites for hydroxylation is 1. The summed E-state index contributed by atoms with van der Waals surface area (Å²) in [7, 11) is 0. The van der Waals surface area contributed by atoms with Crippen LogP contribution >= 0.6 is 17.7 Å². The Morgan fingerprint density at radius 3 is 2.17 bits per heavy atom. The van der Waals surface area contributed by atoms with E-state index in [2.05, 4.69) is 0 Å². The third-order valence-corrected chi connectivity index (χ3v) is 5.50. The average molecular weight is 279 g/mol. The summed E-state index contributed by atoms with van der Waals surface area (Å²) >= 11 is 6.02. The molecule has 2 rings (SSSR count). The van der Waals surface area contributed by atoms with Crippen LogP contribution in [0.2, 0.25) is 0 Å². The number of carbonyl (C=O) groups is 1. The Hall–Kier alpha value is -1.37. The predicted octanol–water partition coefficient (Wildman–Crippen LogP) is 3.98. The van der Waals surface area contributed by atoms with Crippen molar-refractivity contribution < 1.29 is 9.36 Å². The van der Waals surface area contributed by atoms with Gasteiger partial charge in [-0.1, -0.05) is 42.5 Å². The molecule has 2 nitrogen and oxygen atoms in total. The van der Waals surface area contributed by atoms with E-state index in [4.69, 9.17) is 11.2 Å². The van der Waals surface area contributed by atoms with Crippen molar-refractivity contribution in [2.45, 2.75) is 6.92 Å². The molecule has 2 aromatic carbocycles. The highest BCUT2D eigenvalue weighted by atomic mass is 35.7. The minimum atomic E-state index is -3.55. The van der Waals surface area contributed by atoms with Gasteiger partial charge in [0, 0.05) is 10.9 Å². The Kier molecular flexibility index (Phi) is 3.70. The van der Waals surface area contributed by atoms with Gasteiger partial charge in [0.15, 0.2) is 0 Å². The van der Waals surface area contributed by atoms with Crippen molar-refractivity contribution >= 4 is 28.6 Å². The quantitative estimate of drug-likeness (QED) is 0.796. The van der Waals surface area contributed by atoms with Crippen LogP contribution in [0.5, 0.6) is 0 Å². The third-order valence-electron chi connectivity index (χ3n) is 2.72. The summed E-state index contributed by atoms with van der Waals surface area (Å²) < 4.78 is 12.5. The van der Waals surface area contributed by atoms with Crippen molar-refractivity contribution in [3.63, 3.8) is 0 Å². The molecule has 0 heterocycles. The SMILES string of the molecule is Cc1ccccc1C(=O)P(=O)(Cl)c1ccccc1. The minimum absolute atomic E-state index is 0.375. The predicted molar refractivity (Wildman–Crippen MR) is 75.0 cm³/mol. The van der Waals surface area contributed by atoms with Crippen LogP contribution in [-0.4, -0.2) is 5.52 Å². The summed E-state index contributed by atoms with van der Waals surface area (Å²) in [5, 5.41) is 0.375. The van der Waals surface area contributed by atoms with E-state index in [0.29, 0.717) is 10.9 Å². The molecule has 0 aliphatic heterocycles. The van der Waals surface area contributed by atoms with E-state index in [1.165, 1.54) is 0 Å². The molecule has 1 atom stereocenters. The van der Waals surface area contributed by atoms with Gasteiger partial charge in [-0.15, -0.1) is 0 Å². The second-order valence-electron chi connectivity index (χ2n) is 3.99. The van der Waals surface area contributed by atoms with E-state index in [9.17, 15) is 9.36 Å². The molecule has 0 spiro atoms. The molecular formula is C14H12ClO2P. The fourth-order valence-corrected chi connectivity index (χ4v) is 3.67. The zero-order valence-electron chi connectivity index (χ0n) is 9.84. The van der Waals surface area contributed by atoms with Crippen molar-refractivity contribution in [2.75, 3.05) is 0 Å². The Bertz CT molecular complexity index is 623. The molecule has 0 fully saturated rings. The zero-order valence-corrected chi connectivity index (χ0v) is 11.5. The number of halogens is 1. The Morgan fingerprint density at radius 1 is 1.00 bits per heavy atom. The van der Waals surface area contributed by atoms with Crippen LogP contribution in [0.15, 0.2) is 54.6 Å². The van der Waals surface area contributed by atoms with Crippen LogP contribution in [0.4, 0.5) is 0 Å². The summed E-state index contributed by atoms with van der Waals surface area (Å²) in [6.45, 7) is -1.75. The van der Waals surface area contributed by atoms with Crippen LogP contribution in [0.3, 0.4) is 0 Å². The number of benzene rings is 2. The lowest BCUT2D eigenvalue weighted by molar-refractivity contribution is 0.107. The van der Waals surface area contributed by atoms with E-state index in [1.807, 2.05) is 6.07 Å². The Balaban J connectivity index is 2.47. The fourth-order valence-electron chi connectivity index (χ4n) is 1.70. The topological polar surface area (TPSA) is 34.1 Å². The molecule has 0 aromatic heterocycles. The van der Waals surface area contributed by atoms with Crippen molar-refractivity contribution in [3.8, 4) is 0 Å². The van der Waals surface area contributed by atoms with Crippen LogP contribution < -0.4 is 5.30 Å². The van der Waals surface area contributed by atoms with E-state index < -0.39 is 12.0 Å². The second kappa shape index (κ2) is 5.09. The smallest absolute Gasteiger partial charge is 0.264 e. The lowest BCUT2D eigenvalue weighted by Crippen LogP contribution is -2.10. The number of hydrogen-bond acceptors (Lipinski definition) is 2. The van der Waals surface area contributed by atoms with Gasteiger partial charge < -0.3 is 0 Å². The van der Waals surface area contributed by atoms with Crippen LogP contribution in [0, 0.1) is 6.92 Å². The van der Waals surface area contributed by atoms with Crippen LogP contribution in [0.1, 0.15) is 15.9 Å². The summed E-state index contributed by atoms with van der Waals surface area (Å²) in [5.41, 5.74) is 0.687. The molecule has 0 aliphatic carbocycles. The van der Waals surface area contributed by atoms with Gasteiger partial charge >= 0.3 is 0 Å². The zero-order chi connectivity index (χ0) is 13.2. The lowest BCUT2D eigenvalue weighted by atomic mass is 10.1. The number of carbonyl (C=O) groups excluding carboxylic acids is 1. The highest BCUT2D eigenvalue weighted by molar-refractivity contribution is 8.07. The first-order valence-electron chi connectivity index (χ1n) is 5.49. The first kappa shape index (κ1) is 13.1. The summed E-state index contributed by atoms with van der Waals surface area (Å²) in [6, 6.07) is 15.5. The van der Waals surface area contributed by atoms with E-state index >= 15 is 0 Å². The van der Waals surface area contributed by atoms with Crippen LogP contribution in [0.25, 0.3) is 0 Å². The highest BCUT2D eigenvalue weighted by Crippen LogP contribution is 2.53. The fraction of sp³-hybridized carbons (Fsp3) is 0.0714. The number of rotatable bonds is 3. The standard InChI is InChI=1S/C14H12ClO2P/c1-11-7-5-6-10-13(11)14(16)18(15,17)12-8-3-2-4-9-12/h2-10H,1H3. The Morgan fingerprint density at radius 2 is 1.56 bits per heavy atom. The minimum Gasteiger partial charge on any atom is -0.293 e. The van der Waals surface area contributed by atoms with Crippen molar-refractivity contribution in [3.05, 3.63) is 65.7 Å². The van der Waals surface area contributed by atoms with Gasteiger partial charge in [-0.3, -0.25) is 9.36 Å². The van der Waals surface area contributed by atoms with Crippen LogP contribution in [-0.2, 0) is 4.57 Å². The lowest BCUT2D eigenvalue weighted by Gasteiger charge is -2.11. The molecule has 4 heteroatoms. The third kappa shape index (κ3) is 2.40. The van der Waals surface area contributed by atoms with E-state index in [0.717, 1.165) is 5.56 Å². The molecule has 0 radical (unpaired) electrons. The Labute approximate surface area is 111 Å². The molecule has 1 unspecified atom stereocenters. The van der Waals surface area contributed by atoms with E-state index in [1.54, 1.807) is 55.5 Å². The van der Waals surface area contributed by atoms with Gasteiger partial charge in [-0.2, -0.15) is 0 Å². The van der Waals surface area contributed by atoms with Gasteiger partial charge in [0.05, 0.1) is 0 Å².